The molecular weight excluding hydrogens is 296 g/mol. The fourth-order valence-corrected chi connectivity index (χ4v) is 2.13. The van der Waals surface area contributed by atoms with Gasteiger partial charge in [0, 0.05) is 16.8 Å². The molecule has 0 aliphatic heterocycles. The smallest absolute Gasteiger partial charge is 0.409 e. The third-order valence-electron chi connectivity index (χ3n) is 3.22. The summed E-state index contributed by atoms with van der Waals surface area (Å²) in [7, 11) is 1.61. The fraction of sp³-hybridized carbons (Fsp3) is 0.0625. The molecule has 0 aliphatic rings. The molecule has 7 nitrogen and oxygen atoms in total. The zero-order valence-electron chi connectivity index (χ0n) is 12.3. The third-order valence-corrected chi connectivity index (χ3v) is 3.22. The van der Waals surface area contributed by atoms with Gasteiger partial charge >= 0.3 is 6.09 Å². The lowest BCUT2D eigenvalue weighted by atomic mass is 10.2. The average molecular weight is 310 g/mol. The van der Waals surface area contributed by atoms with Gasteiger partial charge < -0.3 is 9.84 Å². The van der Waals surface area contributed by atoms with Gasteiger partial charge in [0.2, 0.25) is 0 Å². The highest BCUT2D eigenvalue weighted by Gasteiger charge is 2.09. The van der Waals surface area contributed by atoms with Crippen molar-refractivity contribution in [1.82, 2.24) is 15.2 Å². The number of nitrogens with zero attached hydrogens (tertiary/aromatic N) is 2. The van der Waals surface area contributed by atoms with Gasteiger partial charge in [-0.3, -0.25) is 10.4 Å². The molecule has 0 saturated carbocycles. The van der Waals surface area contributed by atoms with Crippen molar-refractivity contribution in [3.05, 3.63) is 48.5 Å². The van der Waals surface area contributed by atoms with Gasteiger partial charge in [-0.05, 0) is 36.4 Å². The van der Waals surface area contributed by atoms with Crippen LogP contribution in [0.3, 0.4) is 0 Å². The Morgan fingerprint density at radius 2 is 1.96 bits per heavy atom. The van der Waals surface area contributed by atoms with E-state index in [4.69, 9.17) is 9.84 Å². The molecule has 0 atom stereocenters. The van der Waals surface area contributed by atoms with Crippen molar-refractivity contribution < 1.29 is 14.6 Å². The summed E-state index contributed by atoms with van der Waals surface area (Å²) < 4.78 is 5.12. The van der Waals surface area contributed by atoms with Gasteiger partial charge in [-0.2, -0.15) is 5.10 Å². The van der Waals surface area contributed by atoms with Gasteiger partial charge in [-0.15, -0.1) is 0 Å². The van der Waals surface area contributed by atoms with E-state index in [2.05, 4.69) is 20.5 Å². The summed E-state index contributed by atoms with van der Waals surface area (Å²) in [6, 6.07) is 14.3. The molecule has 1 aromatic heterocycles. The topological polar surface area (TPSA) is 100 Å². The standard InChI is InChI=1S/C16H14N4O3/c1-23-13-7-5-10(6-8-13)14-18-15(20-19-14)11-3-2-4-12(9-11)17-16(21)22/h2-9,17H,1H3,(H,21,22)(H,18,19,20). The summed E-state index contributed by atoms with van der Waals surface area (Å²) in [5.74, 6) is 1.88. The minimum Gasteiger partial charge on any atom is -0.497 e. The number of nitrogens with one attached hydrogen (secondary N) is 2. The maximum Gasteiger partial charge on any atom is 0.409 e. The Hall–Kier alpha value is -3.35. The first-order chi connectivity index (χ1) is 11.2. The highest BCUT2D eigenvalue weighted by molar-refractivity contribution is 5.84. The zero-order valence-corrected chi connectivity index (χ0v) is 12.3. The van der Waals surface area contributed by atoms with Crippen LogP contribution in [0.1, 0.15) is 0 Å². The lowest BCUT2D eigenvalue weighted by Crippen LogP contribution is -2.06. The number of ether oxygens (including phenoxy) is 1. The van der Waals surface area contributed by atoms with E-state index >= 15 is 0 Å². The number of aromatic amines is 1. The first kappa shape index (κ1) is 14.6. The Kier molecular flexibility index (Phi) is 3.92. The van der Waals surface area contributed by atoms with Gasteiger partial charge in [0.25, 0.3) is 0 Å². The van der Waals surface area contributed by atoms with Crippen molar-refractivity contribution in [2.75, 3.05) is 12.4 Å². The number of H-pyrrole nitrogens is 1. The van der Waals surface area contributed by atoms with Crippen molar-refractivity contribution in [2.45, 2.75) is 0 Å². The molecule has 23 heavy (non-hydrogen) atoms. The van der Waals surface area contributed by atoms with Crippen LogP contribution in [0.5, 0.6) is 5.75 Å². The summed E-state index contributed by atoms with van der Waals surface area (Å²) in [5.41, 5.74) is 2.06. The Balaban J connectivity index is 1.87. The van der Waals surface area contributed by atoms with Gasteiger partial charge in [0.05, 0.1) is 7.11 Å². The number of benzene rings is 2. The van der Waals surface area contributed by atoms with Crippen LogP contribution in [-0.2, 0) is 0 Å². The Morgan fingerprint density at radius 3 is 2.65 bits per heavy atom. The molecule has 1 amide bonds. The first-order valence-corrected chi connectivity index (χ1v) is 6.83. The van der Waals surface area contributed by atoms with E-state index < -0.39 is 6.09 Å². The van der Waals surface area contributed by atoms with Crippen LogP contribution in [-0.4, -0.2) is 33.5 Å². The van der Waals surface area contributed by atoms with Crippen LogP contribution in [0.15, 0.2) is 48.5 Å². The molecule has 1 heterocycles. The van der Waals surface area contributed by atoms with Crippen LogP contribution in [0.2, 0.25) is 0 Å². The van der Waals surface area contributed by atoms with Crippen molar-refractivity contribution >= 4 is 11.8 Å². The second-order valence-electron chi connectivity index (χ2n) is 4.75. The summed E-state index contributed by atoms with van der Waals surface area (Å²) in [6.45, 7) is 0. The number of aromatic nitrogens is 3. The lowest BCUT2D eigenvalue weighted by Gasteiger charge is -2.02. The van der Waals surface area contributed by atoms with Gasteiger partial charge in [0.1, 0.15) is 5.75 Å². The lowest BCUT2D eigenvalue weighted by molar-refractivity contribution is 0.210. The largest absolute Gasteiger partial charge is 0.497 e. The number of hydrogen-bond acceptors (Lipinski definition) is 4. The minimum atomic E-state index is -1.11. The number of hydrogen-bond donors (Lipinski definition) is 3. The second kappa shape index (κ2) is 6.18. The molecule has 0 radical (unpaired) electrons. The first-order valence-electron chi connectivity index (χ1n) is 6.83. The van der Waals surface area contributed by atoms with E-state index in [-0.39, 0.29) is 0 Å². The van der Waals surface area contributed by atoms with E-state index in [9.17, 15) is 4.79 Å². The number of carboxylic acid groups (broad SMARTS) is 1. The van der Waals surface area contributed by atoms with E-state index in [1.807, 2.05) is 30.3 Å². The zero-order chi connectivity index (χ0) is 16.2. The molecule has 2 aromatic carbocycles. The fourth-order valence-electron chi connectivity index (χ4n) is 2.13. The highest BCUT2D eigenvalue weighted by atomic mass is 16.5. The van der Waals surface area contributed by atoms with Crippen LogP contribution in [0.25, 0.3) is 22.8 Å². The van der Waals surface area contributed by atoms with E-state index in [1.165, 1.54) is 0 Å². The van der Waals surface area contributed by atoms with Gasteiger partial charge in [0.15, 0.2) is 11.6 Å². The number of anilines is 1. The normalized spacial score (nSPS) is 10.3. The molecule has 0 fully saturated rings. The number of carbonyl (C=O) groups is 1. The predicted molar refractivity (Wildman–Crippen MR) is 85.5 cm³/mol. The number of rotatable bonds is 4. The van der Waals surface area contributed by atoms with Crippen molar-refractivity contribution in [3.63, 3.8) is 0 Å². The summed E-state index contributed by atoms with van der Waals surface area (Å²) in [4.78, 5) is 15.1. The third kappa shape index (κ3) is 3.29. The average Bonchev–Trinajstić information content (AvgIpc) is 3.04. The van der Waals surface area contributed by atoms with Crippen LogP contribution in [0, 0.1) is 0 Å². The summed E-state index contributed by atoms with van der Waals surface area (Å²) >= 11 is 0. The Labute approximate surface area is 132 Å². The summed E-state index contributed by atoms with van der Waals surface area (Å²) in [6.07, 6.45) is -1.11. The molecule has 3 N–H and O–H groups in total. The van der Waals surface area contributed by atoms with Crippen molar-refractivity contribution in [3.8, 4) is 28.5 Å². The van der Waals surface area contributed by atoms with E-state index in [1.54, 1.807) is 25.3 Å². The molecular formula is C16H14N4O3. The monoisotopic (exact) mass is 310 g/mol. The second-order valence-corrected chi connectivity index (χ2v) is 4.75. The molecule has 0 unspecified atom stereocenters. The molecule has 116 valence electrons. The van der Waals surface area contributed by atoms with Crippen LogP contribution in [0.4, 0.5) is 10.5 Å². The molecule has 0 bridgehead atoms. The Morgan fingerprint density at radius 1 is 1.17 bits per heavy atom. The summed E-state index contributed by atoms with van der Waals surface area (Å²) in [5, 5.41) is 18.1. The van der Waals surface area contributed by atoms with Gasteiger partial charge in [-0.1, -0.05) is 12.1 Å². The highest BCUT2D eigenvalue weighted by Crippen LogP contribution is 2.23. The number of methoxy groups -OCH3 is 1. The van der Waals surface area contributed by atoms with Crippen molar-refractivity contribution in [2.24, 2.45) is 0 Å². The molecule has 0 spiro atoms. The SMILES string of the molecule is COc1ccc(-c2n[nH]c(-c3cccc(NC(=O)O)c3)n2)cc1. The predicted octanol–water partition coefficient (Wildman–Crippen LogP) is 3.24. The Bertz CT molecular complexity index is 827. The van der Waals surface area contributed by atoms with Crippen LogP contribution >= 0.6 is 0 Å². The van der Waals surface area contributed by atoms with Crippen LogP contribution < -0.4 is 10.1 Å². The molecule has 3 rings (SSSR count). The molecule has 0 saturated heterocycles. The minimum absolute atomic E-state index is 0.470. The molecule has 0 aliphatic carbocycles. The van der Waals surface area contributed by atoms with E-state index in [0.717, 1.165) is 16.9 Å². The van der Waals surface area contributed by atoms with E-state index in [0.29, 0.717) is 17.3 Å². The molecule has 3 aromatic rings. The maximum absolute atomic E-state index is 10.7. The molecule has 7 heteroatoms. The quantitative estimate of drug-likeness (QED) is 0.687. The number of amides is 1. The van der Waals surface area contributed by atoms with Gasteiger partial charge in [-0.25, -0.2) is 9.78 Å². The van der Waals surface area contributed by atoms with Crippen molar-refractivity contribution in [1.29, 1.82) is 0 Å². The maximum atomic E-state index is 10.7.